The van der Waals surface area contributed by atoms with E-state index in [0.717, 1.165) is 14.7 Å². The van der Waals surface area contributed by atoms with Gasteiger partial charge in [0.25, 0.3) is 0 Å². The maximum absolute atomic E-state index is 6.18. The molecule has 1 aliphatic carbocycles. The van der Waals surface area contributed by atoms with E-state index in [1.54, 1.807) is 11.3 Å². The third kappa shape index (κ3) is 3.16. The van der Waals surface area contributed by atoms with E-state index < -0.39 is 0 Å². The molecule has 1 heterocycles. The Balaban J connectivity index is 2.25. The molecule has 1 atom stereocenters. The van der Waals surface area contributed by atoms with Crippen molar-refractivity contribution in [1.29, 1.82) is 0 Å². The number of hydrogen-bond acceptors (Lipinski definition) is 1. The van der Waals surface area contributed by atoms with Gasteiger partial charge in [0.1, 0.15) is 4.34 Å². The summed E-state index contributed by atoms with van der Waals surface area (Å²) in [4.78, 5) is 1.82. The number of alkyl halides is 1. The van der Waals surface area contributed by atoms with Crippen LogP contribution in [0.2, 0.25) is 4.34 Å². The third-order valence-corrected chi connectivity index (χ3v) is 8.17. The summed E-state index contributed by atoms with van der Waals surface area (Å²) in [6.07, 6.45) is 6.72. The summed E-state index contributed by atoms with van der Waals surface area (Å²) < 4.78 is 1.90. The second-order valence-corrected chi connectivity index (χ2v) is 9.26. The molecule has 0 amide bonds. The van der Waals surface area contributed by atoms with Gasteiger partial charge in [0, 0.05) is 9.35 Å². The second kappa shape index (κ2) is 6.15. The highest BCUT2D eigenvalue weighted by Gasteiger charge is 2.41. The Bertz CT molecular complexity index is 388. The molecule has 4 heteroatoms. The van der Waals surface area contributed by atoms with E-state index in [-0.39, 0.29) is 0 Å². The summed E-state index contributed by atoms with van der Waals surface area (Å²) in [6.45, 7) is 4.66. The lowest BCUT2D eigenvalue weighted by Gasteiger charge is -2.35. The zero-order chi connectivity index (χ0) is 13.3. The van der Waals surface area contributed by atoms with Gasteiger partial charge >= 0.3 is 0 Å². The van der Waals surface area contributed by atoms with Gasteiger partial charge in [0.15, 0.2) is 0 Å². The Hall–Kier alpha value is 0.950. The SMILES string of the molecule is CC(C)CC1(C(Br)c2cc(Br)c(Cl)s2)CCCC1. The van der Waals surface area contributed by atoms with Crippen molar-refractivity contribution in [1.82, 2.24) is 0 Å². The fraction of sp³-hybridized carbons (Fsp3) is 0.714. The highest BCUT2D eigenvalue weighted by Crippen LogP contribution is 2.57. The molecule has 0 N–H and O–H groups in total. The molecule has 2 rings (SSSR count). The molecular formula is C14H19Br2ClS. The Labute approximate surface area is 136 Å². The number of rotatable bonds is 4. The summed E-state index contributed by atoms with van der Waals surface area (Å²) in [6, 6.07) is 2.19. The summed E-state index contributed by atoms with van der Waals surface area (Å²) in [5.74, 6) is 0.752. The van der Waals surface area contributed by atoms with Crippen LogP contribution in [0.25, 0.3) is 0 Å². The van der Waals surface area contributed by atoms with Crippen LogP contribution in [0.4, 0.5) is 0 Å². The van der Waals surface area contributed by atoms with Crippen LogP contribution in [-0.2, 0) is 0 Å². The normalized spacial score (nSPS) is 20.6. The standard InChI is InChI=1S/C14H19Br2ClS/c1-9(2)8-14(5-3-4-6-14)12(16)11-7-10(15)13(17)18-11/h7,9,12H,3-6,8H2,1-2H3. The van der Waals surface area contributed by atoms with Gasteiger partial charge in [-0.15, -0.1) is 11.3 Å². The van der Waals surface area contributed by atoms with Gasteiger partial charge in [-0.2, -0.15) is 0 Å². The maximum Gasteiger partial charge on any atom is 0.107 e. The summed E-state index contributed by atoms with van der Waals surface area (Å²) in [5.41, 5.74) is 0.432. The molecular weight excluding hydrogens is 395 g/mol. The first-order valence-electron chi connectivity index (χ1n) is 6.53. The number of thiophene rings is 1. The van der Waals surface area contributed by atoms with Crippen molar-refractivity contribution in [2.24, 2.45) is 11.3 Å². The van der Waals surface area contributed by atoms with Gasteiger partial charge in [0.2, 0.25) is 0 Å². The molecule has 1 aliphatic rings. The van der Waals surface area contributed by atoms with Crippen LogP contribution in [-0.4, -0.2) is 0 Å². The lowest BCUT2D eigenvalue weighted by atomic mass is 9.75. The van der Waals surface area contributed by atoms with Crippen LogP contribution < -0.4 is 0 Å². The fourth-order valence-corrected chi connectivity index (χ4v) is 6.16. The Morgan fingerprint density at radius 3 is 2.44 bits per heavy atom. The van der Waals surface area contributed by atoms with E-state index in [9.17, 15) is 0 Å². The van der Waals surface area contributed by atoms with Crippen molar-refractivity contribution in [2.45, 2.75) is 50.8 Å². The molecule has 0 bridgehead atoms. The molecule has 1 saturated carbocycles. The Morgan fingerprint density at radius 2 is 2.00 bits per heavy atom. The lowest BCUT2D eigenvalue weighted by molar-refractivity contribution is 0.232. The summed E-state index contributed by atoms with van der Waals surface area (Å²) in [7, 11) is 0. The molecule has 0 saturated heterocycles. The van der Waals surface area contributed by atoms with Crippen molar-refractivity contribution < 1.29 is 0 Å². The molecule has 18 heavy (non-hydrogen) atoms. The molecule has 1 aromatic rings. The van der Waals surface area contributed by atoms with E-state index in [0.29, 0.717) is 10.2 Å². The molecule has 1 aromatic heterocycles. The smallest absolute Gasteiger partial charge is 0.107 e. The molecule has 1 fully saturated rings. The van der Waals surface area contributed by atoms with Gasteiger partial charge in [-0.3, -0.25) is 0 Å². The molecule has 0 aromatic carbocycles. The molecule has 0 nitrogen and oxygen atoms in total. The minimum absolute atomic E-state index is 0.432. The molecule has 0 radical (unpaired) electrons. The van der Waals surface area contributed by atoms with E-state index >= 15 is 0 Å². The van der Waals surface area contributed by atoms with Crippen molar-refractivity contribution in [3.63, 3.8) is 0 Å². The van der Waals surface area contributed by atoms with Gasteiger partial charge in [-0.05, 0) is 52.6 Å². The minimum Gasteiger partial charge on any atom is -0.126 e. The van der Waals surface area contributed by atoms with Gasteiger partial charge < -0.3 is 0 Å². The van der Waals surface area contributed by atoms with Crippen LogP contribution in [0.1, 0.15) is 55.7 Å². The molecule has 1 unspecified atom stereocenters. The van der Waals surface area contributed by atoms with Crippen molar-refractivity contribution in [2.75, 3.05) is 0 Å². The first kappa shape index (κ1) is 15.3. The third-order valence-electron chi connectivity index (χ3n) is 3.87. The van der Waals surface area contributed by atoms with Crippen LogP contribution in [0.15, 0.2) is 10.5 Å². The highest BCUT2D eigenvalue weighted by atomic mass is 79.9. The highest BCUT2D eigenvalue weighted by molar-refractivity contribution is 9.10. The van der Waals surface area contributed by atoms with Gasteiger partial charge in [0.05, 0.1) is 4.83 Å². The number of hydrogen-bond donors (Lipinski definition) is 0. The largest absolute Gasteiger partial charge is 0.126 e. The van der Waals surface area contributed by atoms with Crippen LogP contribution in [0.5, 0.6) is 0 Å². The quantitative estimate of drug-likeness (QED) is 0.457. The minimum atomic E-state index is 0.432. The Kier molecular flexibility index (Phi) is 5.24. The first-order chi connectivity index (χ1) is 8.44. The van der Waals surface area contributed by atoms with Crippen LogP contribution in [0.3, 0.4) is 0 Å². The van der Waals surface area contributed by atoms with E-state index in [4.69, 9.17) is 11.6 Å². The lowest BCUT2D eigenvalue weighted by Crippen LogP contribution is -2.23. The average molecular weight is 415 g/mol. The van der Waals surface area contributed by atoms with Crippen LogP contribution in [0, 0.1) is 11.3 Å². The van der Waals surface area contributed by atoms with Crippen molar-refractivity contribution in [3.8, 4) is 0 Å². The molecule has 0 aliphatic heterocycles. The van der Waals surface area contributed by atoms with E-state index in [1.807, 2.05) is 0 Å². The number of halogens is 3. The van der Waals surface area contributed by atoms with Crippen LogP contribution >= 0.6 is 54.8 Å². The summed E-state index contributed by atoms with van der Waals surface area (Å²) >= 11 is 15.4. The van der Waals surface area contributed by atoms with Gasteiger partial charge in [-0.25, -0.2) is 0 Å². The van der Waals surface area contributed by atoms with Crippen molar-refractivity contribution >= 4 is 54.8 Å². The zero-order valence-corrected chi connectivity index (χ0v) is 15.6. The van der Waals surface area contributed by atoms with Crippen molar-refractivity contribution in [3.05, 3.63) is 19.8 Å². The fourth-order valence-electron chi connectivity index (χ4n) is 3.24. The van der Waals surface area contributed by atoms with E-state index in [1.165, 1.54) is 37.0 Å². The Morgan fingerprint density at radius 1 is 1.39 bits per heavy atom. The molecule has 102 valence electrons. The maximum atomic E-state index is 6.18. The second-order valence-electron chi connectivity index (χ2n) is 5.80. The summed E-state index contributed by atoms with van der Waals surface area (Å²) in [5, 5.41) is 0. The molecule has 0 spiro atoms. The van der Waals surface area contributed by atoms with E-state index in [2.05, 4.69) is 51.8 Å². The predicted molar refractivity (Wildman–Crippen MR) is 89.1 cm³/mol. The topological polar surface area (TPSA) is 0 Å². The predicted octanol–water partition coefficient (Wildman–Crippen LogP) is 7.21. The van der Waals surface area contributed by atoms with Gasteiger partial charge in [-0.1, -0.05) is 54.2 Å². The average Bonchev–Trinajstić information content (AvgIpc) is 2.86. The first-order valence-corrected chi connectivity index (χ1v) is 9.44. The zero-order valence-electron chi connectivity index (χ0n) is 10.8. The monoisotopic (exact) mass is 412 g/mol.